The van der Waals surface area contributed by atoms with Crippen LogP contribution >= 0.6 is 17.0 Å². The molecule has 3 rings (SSSR count). The molecule has 0 bridgehead atoms. The summed E-state index contributed by atoms with van der Waals surface area (Å²) in [5.41, 5.74) is 9.64. The first kappa shape index (κ1) is 23.1. The molecule has 1 heterocycles. The first-order valence-corrected chi connectivity index (χ1v) is 9.88. The Balaban J connectivity index is 0.00000300. The molecule has 2 unspecified atom stereocenters. The van der Waals surface area contributed by atoms with Crippen LogP contribution < -0.4 is 11.1 Å². The molecule has 29 heavy (non-hydrogen) atoms. The fourth-order valence-corrected chi connectivity index (χ4v) is 4.14. The number of para-hydroxylation sites is 1. The van der Waals surface area contributed by atoms with Crippen molar-refractivity contribution < 1.29 is 9.59 Å². The number of halogens is 1. The maximum atomic E-state index is 13.0. The normalized spacial score (nSPS) is 17.8. The van der Waals surface area contributed by atoms with Gasteiger partial charge < -0.3 is 11.1 Å². The van der Waals surface area contributed by atoms with E-state index in [1.165, 1.54) is 5.56 Å². The molecule has 0 spiro atoms. The molecule has 1 aliphatic heterocycles. The van der Waals surface area contributed by atoms with Gasteiger partial charge in [-0.25, -0.2) is 0 Å². The average molecular weight is 460 g/mol. The molecule has 2 amide bonds. The van der Waals surface area contributed by atoms with Crippen molar-refractivity contribution in [1.29, 1.82) is 0 Å². The van der Waals surface area contributed by atoms with E-state index in [9.17, 15) is 9.59 Å². The second-order valence-electron chi connectivity index (χ2n) is 7.76. The molecule has 0 saturated carbocycles. The Hall–Kier alpha value is -2.18. The molecule has 1 aliphatic rings. The highest BCUT2D eigenvalue weighted by Crippen LogP contribution is 2.28. The van der Waals surface area contributed by atoms with Gasteiger partial charge >= 0.3 is 0 Å². The number of carbonyl (C=O) groups excluding carboxylic acids is 2. The Bertz CT molecular complexity index is 821. The SMILES string of the molecule is Br.Cc1cccc(C)c1NC(=O)C(C(N)=O)C1CCCN(Cc2ccccc2)C1. The molecular formula is C23H30BrN3O2. The minimum absolute atomic E-state index is 0. The zero-order chi connectivity index (χ0) is 20.1. The van der Waals surface area contributed by atoms with Crippen molar-refractivity contribution >= 4 is 34.5 Å². The first-order valence-electron chi connectivity index (χ1n) is 9.88. The predicted molar refractivity (Wildman–Crippen MR) is 122 cm³/mol. The number of hydrogen-bond acceptors (Lipinski definition) is 3. The van der Waals surface area contributed by atoms with Crippen molar-refractivity contribution in [3.05, 3.63) is 65.2 Å². The third kappa shape index (κ3) is 5.90. The molecule has 3 N–H and O–H groups in total. The zero-order valence-corrected chi connectivity index (χ0v) is 18.8. The minimum Gasteiger partial charge on any atom is -0.369 e. The van der Waals surface area contributed by atoms with Crippen LogP contribution in [-0.2, 0) is 16.1 Å². The summed E-state index contributed by atoms with van der Waals surface area (Å²) < 4.78 is 0. The van der Waals surface area contributed by atoms with E-state index in [0.717, 1.165) is 42.7 Å². The summed E-state index contributed by atoms with van der Waals surface area (Å²) in [5.74, 6) is -1.73. The fourth-order valence-electron chi connectivity index (χ4n) is 4.14. The minimum atomic E-state index is -0.822. The summed E-state index contributed by atoms with van der Waals surface area (Å²) in [6, 6.07) is 16.1. The Morgan fingerprint density at radius 3 is 2.38 bits per heavy atom. The van der Waals surface area contributed by atoms with Crippen LogP contribution in [0.2, 0.25) is 0 Å². The number of aryl methyl sites for hydroxylation is 2. The highest BCUT2D eigenvalue weighted by Gasteiger charge is 2.36. The number of hydrogen-bond donors (Lipinski definition) is 2. The number of primary amides is 1. The summed E-state index contributed by atoms with van der Waals surface area (Å²) in [4.78, 5) is 27.5. The highest BCUT2D eigenvalue weighted by molar-refractivity contribution is 8.93. The van der Waals surface area contributed by atoms with Crippen LogP contribution in [0.25, 0.3) is 0 Å². The monoisotopic (exact) mass is 459 g/mol. The molecule has 1 fully saturated rings. The van der Waals surface area contributed by atoms with Gasteiger partial charge in [0.2, 0.25) is 11.8 Å². The Morgan fingerprint density at radius 2 is 1.76 bits per heavy atom. The van der Waals surface area contributed by atoms with E-state index in [1.807, 2.05) is 50.2 Å². The molecule has 5 nitrogen and oxygen atoms in total. The van der Waals surface area contributed by atoms with Gasteiger partial charge in [-0.15, -0.1) is 17.0 Å². The number of likely N-dealkylation sites (tertiary alicyclic amines) is 1. The van der Waals surface area contributed by atoms with Crippen molar-refractivity contribution in [2.24, 2.45) is 17.6 Å². The van der Waals surface area contributed by atoms with Gasteiger partial charge in [-0.3, -0.25) is 14.5 Å². The van der Waals surface area contributed by atoms with Crippen LogP contribution in [-0.4, -0.2) is 29.8 Å². The van der Waals surface area contributed by atoms with Crippen LogP contribution in [0.1, 0.15) is 29.5 Å². The van der Waals surface area contributed by atoms with Crippen LogP contribution in [0.4, 0.5) is 5.69 Å². The molecular weight excluding hydrogens is 430 g/mol. The molecule has 1 saturated heterocycles. The zero-order valence-electron chi connectivity index (χ0n) is 17.1. The number of nitrogens with zero attached hydrogens (tertiary/aromatic N) is 1. The van der Waals surface area contributed by atoms with Gasteiger partial charge in [-0.1, -0.05) is 48.5 Å². The van der Waals surface area contributed by atoms with Gasteiger partial charge in [0.25, 0.3) is 0 Å². The molecule has 0 aliphatic carbocycles. The van der Waals surface area contributed by atoms with E-state index in [-0.39, 0.29) is 28.8 Å². The van der Waals surface area contributed by atoms with E-state index in [0.29, 0.717) is 6.54 Å². The lowest BCUT2D eigenvalue weighted by Crippen LogP contribution is -2.46. The quantitative estimate of drug-likeness (QED) is 0.644. The van der Waals surface area contributed by atoms with Gasteiger partial charge in [0.1, 0.15) is 5.92 Å². The number of nitrogens with two attached hydrogens (primary N) is 1. The van der Waals surface area contributed by atoms with E-state index < -0.39 is 11.8 Å². The van der Waals surface area contributed by atoms with Crippen molar-refractivity contribution in [2.75, 3.05) is 18.4 Å². The van der Waals surface area contributed by atoms with Gasteiger partial charge in [-0.05, 0) is 55.8 Å². The molecule has 2 atom stereocenters. The highest BCUT2D eigenvalue weighted by atomic mass is 79.9. The smallest absolute Gasteiger partial charge is 0.237 e. The van der Waals surface area contributed by atoms with E-state index >= 15 is 0 Å². The number of anilines is 1. The predicted octanol–water partition coefficient (Wildman–Crippen LogP) is 3.83. The fraction of sp³-hybridized carbons (Fsp3) is 0.391. The second kappa shape index (κ2) is 10.6. The largest absolute Gasteiger partial charge is 0.369 e. The summed E-state index contributed by atoms with van der Waals surface area (Å²) in [6.45, 7) is 6.38. The Labute approximate surface area is 183 Å². The first-order chi connectivity index (χ1) is 13.5. The lowest BCUT2D eigenvalue weighted by molar-refractivity contribution is -0.133. The van der Waals surface area contributed by atoms with Crippen LogP contribution in [0.5, 0.6) is 0 Å². The standard InChI is InChI=1S/C23H29N3O2.BrH/c1-16-8-6-9-17(2)21(16)25-23(28)20(22(24)27)19-12-7-13-26(15-19)14-18-10-4-3-5-11-18;/h3-6,8-11,19-20H,7,12-15H2,1-2H3,(H2,24,27)(H,25,28);1H. The molecule has 6 heteroatoms. The lowest BCUT2D eigenvalue weighted by Gasteiger charge is -2.35. The van der Waals surface area contributed by atoms with Crippen molar-refractivity contribution in [1.82, 2.24) is 4.90 Å². The third-order valence-corrected chi connectivity index (χ3v) is 5.58. The molecule has 0 radical (unpaired) electrons. The lowest BCUT2D eigenvalue weighted by atomic mass is 9.84. The maximum Gasteiger partial charge on any atom is 0.237 e. The van der Waals surface area contributed by atoms with Gasteiger partial charge in [0.15, 0.2) is 0 Å². The van der Waals surface area contributed by atoms with Gasteiger partial charge in [-0.2, -0.15) is 0 Å². The van der Waals surface area contributed by atoms with Crippen molar-refractivity contribution in [3.63, 3.8) is 0 Å². The van der Waals surface area contributed by atoms with Crippen molar-refractivity contribution in [2.45, 2.75) is 33.2 Å². The van der Waals surface area contributed by atoms with Gasteiger partial charge in [0.05, 0.1) is 0 Å². The molecule has 0 aromatic heterocycles. The van der Waals surface area contributed by atoms with Crippen molar-refractivity contribution in [3.8, 4) is 0 Å². The number of carbonyl (C=O) groups is 2. The van der Waals surface area contributed by atoms with Crippen LogP contribution in [0.3, 0.4) is 0 Å². The molecule has 2 aromatic rings. The van der Waals surface area contributed by atoms with E-state index in [1.54, 1.807) is 0 Å². The number of piperidine rings is 1. The second-order valence-corrected chi connectivity index (χ2v) is 7.76. The van der Waals surface area contributed by atoms with E-state index in [2.05, 4.69) is 22.3 Å². The summed E-state index contributed by atoms with van der Waals surface area (Å²) in [6.07, 6.45) is 1.79. The molecule has 156 valence electrons. The Kier molecular flexibility index (Phi) is 8.41. The topological polar surface area (TPSA) is 75.4 Å². The Morgan fingerprint density at radius 1 is 1.10 bits per heavy atom. The number of rotatable bonds is 6. The number of amides is 2. The summed E-state index contributed by atoms with van der Waals surface area (Å²) in [5, 5.41) is 2.96. The maximum absolute atomic E-state index is 13.0. The number of nitrogens with one attached hydrogen (secondary N) is 1. The van der Waals surface area contributed by atoms with E-state index in [4.69, 9.17) is 5.73 Å². The van der Waals surface area contributed by atoms with Crippen LogP contribution in [0, 0.1) is 25.7 Å². The third-order valence-electron chi connectivity index (χ3n) is 5.58. The number of benzene rings is 2. The van der Waals surface area contributed by atoms with Gasteiger partial charge in [0, 0.05) is 18.8 Å². The molecule has 2 aromatic carbocycles. The summed E-state index contributed by atoms with van der Waals surface area (Å²) in [7, 11) is 0. The average Bonchev–Trinajstić information content (AvgIpc) is 2.66. The summed E-state index contributed by atoms with van der Waals surface area (Å²) >= 11 is 0. The van der Waals surface area contributed by atoms with Crippen LogP contribution in [0.15, 0.2) is 48.5 Å².